The van der Waals surface area contributed by atoms with Crippen molar-refractivity contribution in [2.24, 2.45) is 0 Å². The standard InChI is InChI=1S/C15H22N2S/c1-14(2,3)12-9-18-8-11(12)6-15(4,5)13-7-16-10-17-13/h7-10H,6H2,1-5H3,(H,16,17). The largest absolute Gasteiger partial charge is 0.348 e. The van der Waals surface area contributed by atoms with E-state index in [1.165, 1.54) is 16.8 Å². The third kappa shape index (κ3) is 2.66. The topological polar surface area (TPSA) is 28.7 Å². The Hall–Kier alpha value is -1.09. The first-order valence-corrected chi connectivity index (χ1v) is 7.29. The molecule has 98 valence electrons. The molecule has 0 unspecified atom stereocenters. The number of aromatic nitrogens is 2. The lowest BCUT2D eigenvalue weighted by Gasteiger charge is -2.26. The van der Waals surface area contributed by atoms with Gasteiger partial charge in [0.15, 0.2) is 0 Å². The quantitative estimate of drug-likeness (QED) is 0.878. The van der Waals surface area contributed by atoms with Crippen LogP contribution in [0.1, 0.15) is 51.4 Å². The predicted octanol–water partition coefficient (Wildman–Crippen LogP) is 4.29. The maximum absolute atomic E-state index is 4.14. The maximum Gasteiger partial charge on any atom is 0.0921 e. The first-order chi connectivity index (χ1) is 8.31. The van der Waals surface area contributed by atoms with Crippen LogP contribution in [0.2, 0.25) is 0 Å². The first-order valence-electron chi connectivity index (χ1n) is 6.35. The Morgan fingerprint density at radius 1 is 1.17 bits per heavy atom. The third-order valence-corrected chi connectivity index (χ3v) is 4.20. The van der Waals surface area contributed by atoms with Crippen LogP contribution in [-0.2, 0) is 17.3 Å². The summed E-state index contributed by atoms with van der Waals surface area (Å²) in [5, 5.41) is 4.58. The zero-order valence-corrected chi connectivity index (χ0v) is 12.7. The van der Waals surface area contributed by atoms with Gasteiger partial charge in [0.1, 0.15) is 0 Å². The monoisotopic (exact) mass is 262 g/mol. The molecule has 1 N–H and O–H groups in total. The van der Waals surface area contributed by atoms with Crippen molar-refractivity contribution in [1.29, 1.82) is 0 Å². The highest BCUT2D eigenvalue weighted by atomic mass is 32.1. The number of aromatic amines is 1. The van der Waals surface area contributed by atoms with Crippen molar-refractivity contribution in [3.05, 3.63) is 40.1 Å². The van der Waals surface area contributed by atoms with E-state index >= 15 is 0 Å². The van der Waals surface area contributed by atoms with Crippen molar-refractivity contribution in [2.75, 3.05) is 0 Å². The van der Waals surface area contributed by atoms with Crippen molar-refractivity contribution in [3.63, 3.8) is 0 Å². The molecule has 0 spiro atoms. The van der Waals surface area contributed by atoms with Gasteiger partial charge in [-0.1, -0.05) is 34.6 Å². The van der Waals surface area contributed by atoms with Crippen LogP contribution in [0.25, 0.3) is 0 Å². The molecule has 0 aliphatic rings. The number of H-pyrrole nitrogens is 1. The lowest BCUT2D eigenvalue weighted by atomic mass is 9.78. The first kappa shape index (κ1) is 13.3. The number of rotatable bonds is 3. The van der Waals surface area contributed by atoms with Crippen molar-refractivity contribution in [1.82, 2.24) is 9.97 Å². The molecule has 3 heteroatoms. The van der Waals surface area contributed by atoms with Crippen LogP contribution in [-0.4, -0.2) is 9.97 Å². The third-order valence-electron chi connectivity index (χ3n) is 3.41. The second kappa shape index (κ2) is 4.54. The van der Waals surface area contributed by atoms with Crippen LogP contribution in [0.5, 0.6) is 0 Å². The number of nitrogens with zero attached hydrogens (tertiary/aromatic N) is 1. The molecule has 0 amide bonds. The zero-order valence-electron chi connectivity index (χ0n) is 11.9. The Kier molecular flexibility index (Phi) is 3.37. The van der Waals surface area contributed by atoms with Crippen LogP contribution in [0.15, 0.2) is 23.3 Å². The smallest absolute Gasteiger partial charge is 0.0921 e. The van der Waals surface area contributed by atoms with Gasteiger partial charge in [-0.25, -0.2) is 4.98 Å². The van der Waals surface area contributed by atoms with E-state index in [1.54, 1.807) is 17.7 Å². The number of thiophene rings is 1. The molecular weight excluding hydrogens is 240 g/mol. The van der Waals surface area contributed by atoms with Gasteiger partial charge in [0.25, 0.3) is 0 Å². The van der Waals surface area contributed by atoms with Gasteiger partial charge in [-0.05, 0) is 33.7 Å². The summed E-state index contributed by atoms with van der Waals surface area (Å²) in [6, 6.07) is 0. The second-order valence-electron chi connectivity index (χ2n) is 6.59. The molecule has 0 aliphatic heterocycles. The molecule has 0 atom stereocenters. The van der Waals surface area contributed by atoms with Crippen molar-refractivity contribution in [3.8, 4) is 0 Å². The van der Waals surface area contributed by atoms with E-state index in [2.05, 4.69) is 55.3 Å². The highest BCUT2D eigenvalue weighted by Crippen LogP contribution is 2.34. The minimum Gasteiger partial charge on any atom is -0.348 e. The Bertz CT molecular complexity index is 501. The minimum atomic E-state index is 0.0948. The van der Waals surface area contributed by atoms with E-state index in [-0.39, 0.29) is 10.8 Å². The lowest BCUT2D eigenvalue weighted by Crippen LogP contribution is -2.23. The van der Waals surface area contributed by atoms with E-state index in [4.69, 9.17) is 0 Å². The summed E-state index contributed by atoms with van der Waals surface area (Å²) in [7, 11) is 0. The molecule has 2 aromatic heterocycles. The van der Waals surface area contributed by atoms with Crippen LogP contribution >= 0.6 is 11.3 Å². The van der Waals surface area contributed by atoms with Gasteiger partial charge in [-0.3, -0.25) is 0 Å². The molecule has 2 aromatic rings. The fourth-order valence-corrected chi connectivity index (χ4v) is 3.40. The Morgan fingerprint density at radius 2 is 1.89 bits per heavy atom. The molecule has 0 radical (unpaired) electrons. The summed E-state index contributed by atoms with van der Waals surface area (Å²) in [4.78, 5) is 7.38. The van der Waals surface area contributed by atoms with Crippen molar-refractivity contribution in [2.45, 2.75) is 51.9 Å². The summed E-state index contributed by atoms with van der Waals surface area (Å²) in [5.74, 6) is 0. The van der Waals surface area contributed by atoms with Gasteiger partial charge in [-0.2, -0.15) is 11.3 Å². The van der Waals surface area contributed by atoms with Gasteiger partial charge in [0.05, 0.1) is 6.33 Å². The van der Waals surface area contributed by atoms with Gasteiger partial charge < -0.3 is 4.98 Å². The Morgan fingerprint density at radius 3 is 2.44 bits per heavy atom. The van der Waals surface area contributed by atoms with Crippen LogP contribution in [0.3, 0.4) is 0 Å². The summed E-state index contributed by atoms with van der Waals surface area (Å²) < 4.78 is 0. The zero-order chi connectivity index (χ0) is 13.4. The molecule has 0 aromatic carbocycles. The fourth-order valence-electron chi connectivity index (χ4n) is 2.32. The Balaban J connectivity index is 2.28. The number of nitrogens with one attached hydrogen (secondary N) is 1. The van der Waals surface area contributed by atoms with E-state index in [9.17, 15) is 0 Å². The molecule has 0 saturated heterocycles. The fraction of sp³-hybridized carbons (Fsp3) is 0.533. The summed E-state index contributed by atoms with van der Waals surface area (Å²) in [6.07, 6.45) is 4.74. The van der Waals surface area contributed by atoms with Crippen LogP contribution in [0, 0.1) is 0 Å². The average Bonchev–Trinajstić information content (AvgIpc) is 2.83. The van der Waals surface area contributed by atoms with E-state index in [0.717, 1.165) is 6.42 Å². The van der Waals surface area contributed by atoms with Gasteiger partial charge in [0.2, 0.25) is 0 Å². The molecule has 0 saturated carbocycles. The van der Waals surface area contributed by atoms with E-state index in [0.29, 0.717) is 0 Å². The van der Waals surface area contributed by atoms with E-state index < -0.39 is 0 Å². The molecule has 0 fully saturated rings. The molecule has 2 rings (SSSR count). The van der Waals surface area contributed by atoms with Crippen molar-refractivity contribution < 1.29 is 0 Å². The molecule has 0 aliphatic carbocycles. The normalized spacial score (nSPS) is 12.9. The molecule has 2 heterocycles. The summed E-state index contributed by atoms with van der Waals surface area (Å²) in [6.45, 7) is 11.4. The highest BCUT2D eigenvalue weighted by molar-refractivity contribution is 7.08. The summed E-state index contributed by atoms with van der Waals surface area (Å²) >= 11 is 1.81. The SMILES string of the molecule is CC(C)(C)c1cscc1CC(C)(C)c1cnc[nH]1. The molecule has 0 bridgehead atoms. The van der Waals surface area contributed by atoms with E-state index in [1.807, 2.05) is 6.20 Å². The van der Waals surface area contributed by atoms with Gasteiger partial charge >= 0.3 is 0 Å². The number of imidazole rings is 1. The lowest BCUT2D eigenvalue weighted by molar-refractivity contribution is 0.497. The number of hydrogen-bond acceptors (Lipinski definition) is 2. The summed E-state index contributed by atoms with van der Waals surface area (Å²) in [5.41, 5.74) is 4.46. The van der Waals surface area contributed by atoms with Crippen molar-refractivity contribution >= 4 is 11.3 Å². The minimum absolute atomic E-state index is 0.0948. The van der Waals surface area contributed by atoms with Crippen LogP contribution in [0.4, 0.5) is 0 Å². The predicted molar refractivity (Wildman–Crippen MR) is 78.3 cm³/mol. The Labute approximate surface area is 113 Å². The van der Waals surface area contributed by atoms with Crippen LogP contribution < -0.4 is 0 Å². The van der Waals surface area contributed by atoms with Gasteiger partial charge in [-0.15, -0.1) is 0 Å². The second-order valence-corrected chi connectivity index (χ2v) is 7.33. The average molecular weight is 262 g/mol. The molecule has 18 heavy (non-hydrogen) atoms. The molecular formula is C15H22N2S. The maximum atomic E-state index is 4.14. The van der Waals surface area contributed by atoms with Gasteiger partial charge in [0, 0.05) is 17.3 Å². The number of hydrogen-bond donors (Lipinski definition) is 1. The highest BCUT2D eigenvalue weighted by Gasteiger charge is 2.27. The molecule has 2 nitrogen and oxygen atoms in total.